The molecule has 2 aromatic rings. The van der Waals surface area contributed by atoms with Gasteiger partial charge < -0.3 is 9.64 Å². The van der Waals surface area contributed by atoms with E-state index < -0.39 is 0 Å². The van der Waals surface area contributed by atoms with Crippen molar-refractivity contribution < 1.29 is 9.53 Å². The Bertz CT molecular complexity index is 810. The van der Waals surface area contributed by atoms with Gasteiger partial charge in [-0.2, -0.15) is 0 Å². The fraction of sp³-hybridized carbons (Fsp3) is 0.500. The number of carbonyl (C=O) groups is 1. The first kappa shape index (κ1) is 20.0. The number of pyridine rings is 1. The van der Waals surface area contributed by atoms with Crippen molar-refractivity contribution >= 4 is 5.91 Å². The molecule has 3 unspecified atom stereocenters. The lowest BCUT2D eigenvalue weighted by atomic mass is 10.1. The Morgan fingerprint density at radius 2 is 1.83 bits per heavy atom. The molecule has 0 N–H and O–H groups in total. The Kier molecular flexibility index (Phi) is 5.97. The van der Waals surface area contributed by atoms with E-state index in [-0.39, 0.29) is 24.2 Å². The quantitative estimate of drug-likeness (QED) is 0.743. The van der Waals surface area contributed by atoms with Crippen LogP contribution >= 0.6 is 0 Å². The molecular weight excluding hydrogens is 362 g/mol. The van der Waals surface area contributed by atoms with E-state index in [9.17, 15) is 4.79 Å². The van der Waals surface area contributed by atoms with Crippen LogP contribution in [0.3, 0.4) is 0 Å². The Morgan fingerprint density at radius 1 is 1.14 bits per heavy atom. The van der Waals surface area contributed by atoms with Gasteiger partial charge >= 0.3 is 0 Å². The third-order valence-electron chi connectivity index (χ3n) is 5.81. The Balaban J connectivity index is 1.45. The number of benzene rings is 1. The summed E-state index contributed by atoms with van der Waals surface area (Å²) in [6.45, 7) is 9.11. The lowest BCUT2D eigenvalue weighted by molar-refractivity contribution is -0.0704. The highest BCUT2D eigenvalue weighted by atomic mass is 16.5. The van der Waals surface area contributed by atoms with Gasteiger partial charge in [0.1, 0.15) is 0 Å². The summed E-state index contributed by atoms with van der Waals surface area (Å²) < 4.78 is 5.82. The average molecular weight is 394 g/mol. The van der Waals surface area contributed by atoms with E-state index >= 15 is 0 Å². The molecule has 3 atom stereocenters. The third kappa shape index (κ3) is 4.85. The van der Waals surface area contributed by atoms with Crippen LogP contribution < -0.4 is 0 Å². The largest absolute Gasteiger partial charge is 0.373 e. The smallest absolute Gasteiger partial charge is 0.254 e. The number of hydrogen-bond donors (Lipinski definition) is 0. The van der Waals surface area contributed by atoms with E-state index in [2.05, 4.69) is 42.8 Å². The first-order chi connectivity index (χ1) is 14.0. The van der Waals surface area contributed by atoms with Crippen LogP contribution in [0.25, 0.3) is 0 Å². The molecule has 1 saturated heterocycles. The van der Waals surface area contributed by atoms with Crippen LogP contribution in [0.2, 0.25) is 0 Å². The molecule has 5 heteroatoms. The number of nitrogens with zero attached hydrogens (tertiary/aromatic N) is 3. The monoisotopic (exact) mass is 393 g/mol. The SMILES string of the molecule is CC1CN(Cc2ccc(C(=O)N(C3CC3)C(C)c3ccccn3)cc2)CC(C)O1. The Morgan fingerprint density at radius 3 is 2.41 bits per heavy atom. The van der Waals surface area contributed by atoms with Gasteiger partial charge in [-0.3, -0.25) is 14.7 Å². The van der Waals surface area contributed by atoms with Crippen molar-refractivity contribution in [3.8, 4) is 0 Å². The summed E-state index contributed by atoms with van der Waals surface area (Å²) in [5.74, 6) is 0.103. The summed E-state index contributed by atoms with van der Waals surface area (Å²) in [5.41, 5.74) is 2.94. The second kappa shape index (κ2) is 8.64. The van der Waals surface area contributed by atoms with Gasteiger partial charge in [0.25, 0.3) is 5.91 Å². The first-order valence-corrected chi connectivity index (χ1v) is 10.7. The summed E-state index contributed by atoms with van der Waals surface area (Å²) >= 11 is 0. The lowest BCUT2D eigenvalue weighted by Gasteiger charge is -2.35. The maximum Gasteiger partial charge on any atom is 0.254 e. The second-order valence-corrected chi connectivity index (χ2v) is 8.52. The van der Waals surface area contributed by atoms with Crippen molar-refractivity contribution in [1.29, 1.82) is 0 Å². The molecule has 1 amide bonds. The van der Waals surface area contributed by atoms with Crippen LogP contribution in [0.15, 0.2) is 48.7 Å². The molecule has 1 saturated carbocycles. The molecule has 0 radical (unpaired) electrons. The lowest BCUT2D eigenvalue weighted by Crippen LogP contribution is -2.44. The Labute approximate surface area is 173 Å². The molecule has 29 heavy (non-hydrogen) atoms. The van der Waals surface area contributed by atoms with Crippen LogP contribution in [0.4, 0.5) is 0 Å². The van der Waals surface area contributed by atoms with E-state index in [1.807, 2.05) is 35.2 Å². The molecule has 1 aliphatic carbocycles. The number of hydrogen-bond acceptors (Lipinski definition) is 4. The minimum absolute atomic E-state index is 0.0211. The van der Waals surface area contributed by atoms with Crippen molar-refractivity contribution in [1.82, 2.24) is 14.8 Å². The van der Waals surface area contributed by atoms with Gasteiger partial charge in [0, 0.05) is 37.4 Å². The zero-order chi connectivity index (χ0) is 20.4. The molecule has 0 bridgehead atoms. The molecule has 2 heterocycles. The van der Waals surface area contributed by atoms with Crippen LogP contribution in [-0.4, -0.2) is 52.0 Å². The summed E-state index contributed by atoms with van der Waals surface area (Å²) in [7, 11) is 0. The van der Waals surface area contributed by atoms with Gasteiger partial charge in [-0.1, -0.05) is 18.2 Å². The van der Waals surface area contributed by atoms with Gasteiger partial charge in [-0.05, 0) is 63.4 Å². The van der Waals surface area contributed by atoms with Crippen molar-refractivity contribution in [2.75, 3.05) is 13.1 Å². The van der Waals surface area contributed by atoms with Crippen LogP contribution in [-0.2, 0) is 11.3 Å². The normalized spacial score (nSPS) is 23.6. The van der Waals surface area contributed by atoms with Crippen molar-refractivity contribution in [3.63, 3.8) is 0 Å². The number of aromatic nitrogens is 1. The number of ether oxygens (including phenoxy) is 1. The van der Waals surface area contributed by atoms with Crippen molar-refractivity contribution in [3.05, 3.63) is 65.5 Å². The molecular formula is C24H31N3O2. The Hall–Kier alpha value is -2.24. The van der Waals surface area contributed by atoms with Gasteiger partial charge in [-0.25, -0.2) is 0 Å². The molecule has 2 aliphatic rings. The molecule has 2 fully saturated rings. The average Bonchev–Trinajstić information content (AvgIpc) is 3.53. The van der Waals surface area contributed by atoms with E-state index in [1.165, 1.54) is 5.56 Å². The van der Waals surface area contributed by atoms with E-state index in [0.29, 0.717) is 6.04 Å². The molecule has 0 spiro atoms. The van der Waals surface area contributed by atoms with E-state index in [1.54, 1.807) is 6.20 Å². The molecule has 154 valence electrons. The third-order valence-corrected chi connectivity index (χ3v) is 5.81. The summed E-state index contributed by atoms with van der Waals surface area (Å²) in [6, 6.07) is 14.3. The van der Waals surface area contributed by atoms with Crippen molar-refractivity contribution in [2.45, 2.75) is 64.4 Å². The van der Waals surface area contributed by atoms with Crippen molar-refractivity contribution in [2.24, 2.45) is 0 Å². The highest BCUT2D eigenvalue weighted by molar-refractivity contribution is 5.95. The van der Waals surface area contributed by atoms with Crippen LogP contribution in [0.5, 0.6) is 0 Å². The number of rotatable bonds is 6. The van der Waals surface area contributed by atoms with Gasteiger partial charge in [0.05, 0.1) is 23.9 Å². The van der Waals surface area contributed by atoms with E-state index in [4.69, 9.17) is 4.74 Å². The maximum atomic E-state index is 13.3. The summed E-state index contributed by atoms with van der Waals surface area (Å²) in [6.07, 6.45) is 4.48. The fourth-order valence-corrected chi connectivity index (χ4v) is 4.35. The molecule has 4 rings (SSSR count). The fourth-order valence-electron chi connectivity index (χ4n) is 4.35. The zero-order valence-corrected chi connectivity index (χ0v) is 17.6. The minimum Gasteiger partial charge on any atom is -0.373 e. The molecule has 1 aromatic carbocycles. The highest BCUT2D eigenvalue weighted by Gasteiger charge is 2.37. The van der Waals surface area contributed by atoms with Crippen LogP contribution in [0.1, 0.15) is 61.3 Å². The predicted octanol–water partition coefficient (Wildman–Crippen LogP) is 4.06. The van der Waals surface area contributed by atoms with E-state index in [0.717, 1.165) is 43.7 Å². The van der Waals surface area contributed by atoms with Gasteiger partial charge in [0.2, 0.25) is 0 Å². The second-order valence-electron chi connectivity index (χ2n) is 8.52. The van der Waals surface area contributed by atoms with Gasteiger partial charge in [0.15, 0.2) is 0 Å². The topological polar surface area (TPSA) is 45.7 Å². The predicted molar refractivity (Wildman–Crippen MR) is 114 cm³/mol. The highest BCUT2D eigenvalue weighted by Crippen LogP contribution is 2.35. The summed E-state index contributed by atoms with van der Waals surface area (Å²) in [4.78, 5) is 22.2. The molecule has 1 aromatic heterocycles. The molecule has 1 aliphatic heterocycles. The summed E-state index contributed by atoms with van der Waals surface area (Å²) in [5, 5.41) is 0. The minimum atomic E-state index is -0.0211. The standard InChI is InChI=1S/C24H31N3O2/c1-17-14-26(15-18(2)29-17)16-20-7-9-21(10-8-20)24(28)27(22-11-12-22)19(3)23-6-4-5-13-25-23/h4-10,13,17-19,22H,11-12,14-16H2,1-3H3. The maximum absolute atomic E-state index is 13.3. The van der Waals surface area contributed by atoms with Crippen LogP contribution in [0, 0.1) is 0 Å². The number of carbonyl (C=O) groups excluding carboxylic acids is 1. The molecule has 5 nitrogen and oxygen atoms in total. The number of morpholine rings is 1. The zero-order valence-electron chi connectivity index (χ0n) is 17.6. The number of amides is 1. The van der Waals surface area contributed by atoms with Gasteiger partial charge in [-0.15, -0.1) is 0 Å². The first-order valence-electron chi connectivity index (χ1n) is 10.7.